The Bertz CT molecular complexity index is 310. The Morgan fingerprint density at radius 3 is 2.62 bits per heavy atom. The van der Waals surface area contributed by atoms with E-state index in [1.54, 1.807) is 4.90 Å². The average Bonchev–Trinajstić information content (AvgIpc) is 2.19. The molecule has 1 aromatic rings. The number of β-lactam (4-membered cyclic amide) rings is 1. The number of hydrogen-bond donors (Lipinski definition) is 1. The van der Waals surface area contributed by atoms with Gasteiger partial charge in [0.15, 0.2) is 0 Å². The van der Waals surface area contributed by atoms with Crippen LogP contribution in [0, 0.1) is 0 Å². The van der Waals surface area contributed by atoms with Crippen LogP contribution < -0.4 is 5.73 Å². The fraction of sp³-hybridized carbons (Fsp3) is 0.300. The molecule has 1 aliphatic heterocycles. The smallest absolute Gasteiger partial charge is 0.241 e. The fourth-order valence-electron chi connectivity index (χ4n) is 1.47. The van der Waals surface area contributed by atoms with E-state index in [2.05, 4.69) is 0 Å². The van der Waals surface area contributed by atoms with Crippen molar-refractivity contribution in [3.8, 4) is 0 Å². The lowest BCUT2D eigenvalue weighted by Crippen LogP contribution is -2.60. The normalized spacial score (nSPS) is 21.5. The molecule has 3 heteroatoms. The summed E-state index contributed by atoms with van der Waals surface area (Å²) in [6.07, 6.45) is 0. The number of nitrogens with zero attached hydrogens (tertiary/aromatic N) is 1. The molecule has 68 valence electrons. The van der Waals surface area contributed by atoms with E-state index in [0.717, 1.165) is 5.56 Å². The Morgan fingerprint density at radius 1 is 1.38 bits per heavy atom. The van der Waals surface area contributed by atoms with Crippen LogP contribution in [-0.4, -0.2) is 23.4 Å². The molecule has 1 unspecified atom stereocenters. The number of nitrogens with two attached hydrogens (primary N) is 1. The molecule has 0 spiro atoms. The Hall–Kier alpha value is -1.35. The molecule has 2 rings (SSSR count). The summed E-state index contributed by atoms with van der Waals surface area (Å²) in [6.45, 7) is 1.38. The van der Waals surface area contributed by atoms with Crippen molar-refractivity contribution in [1.29, 1.82) is 0 Å². The summed E-state index contributed by atoms with van der Waals surface area (Å²) in [5.74, 6) is 0.0591. The molecular weight excluding hydrogens is 164 g/mol. The van der Waals surface area contributed by atoms with Gasteiger partial charge in [0, 0.05) is 13.1 Å². The minimum absolute atomic E-state index is 0.0591. The molecule has 1 heterocycles. The van der Waals surface area contributed by atoms with E-state index >= 15 is 0 Å². The van der Waals surface area contributed by atoms with Crippen molar-refractivity contribution in [2.75, 3.05) is 6.54 Å². The number of amides is 1. The second kappa shape index (κ2) is 3.18. The van der Waals surface area contributed by atoms with Crippen LogP contribution in [0.2, 0.25) is 0 Å². The van der Waals surface area contributed by atoms with Crippen molar-refractivity contribution in [3.63, 3.8) is 0 Å². The van der Waals surface area contributed by atoms with E-state index in [1.807, 2.05) is 30.3 Å². The predicted octanol–water partition coefficient (Wildman–Crippen LogP) is 0.356. The van der Waals surface area contributed by atoms with E-state index in [4.69, 9.17) is 5.73 Å². The summed E-state index contributed by atoms with van der Waals surface area (Å²) in [4.78, 5) is 12.9. The zero-order valence-corrected chi connectivity index (χ0v) is 7.31. The van der Waals surface area contributed by atoms with Crippen LogP contribution in [0.15, 0.2) is 30.3 Å². The monoisotopic (exact) mass is 176 g/mol. The van der Waals surface area contributed by atoms with Crippen molar-refractivity contribution in [2.45, 2.75) is 12.6 Å². The highest BCUT2D eigenvalue weighted by Gasteiger charge is 2.32. The second-order valence-electron chi connectivity index (χ2n) is 3.31. The summed E-state index contributed by atoms with van der Waals surface area (Å²) in [5, 5.41) is 0. The molecule has 2 N–H and O–H groups in total. The van der Waals surface area contributed by atoms with Crippen LogP contribution in [0.5, 0.6) is 0 Å². The third-order valence-corrected chi connectivity index (χ3v) is 2.26. The molecular formula is C10H12N2O. The van der Waals surface area contributed by atoms with Gasteiger partial charge in [-0.05, 0) is 5.56 Å². The minimum Gasteiger partial charge on any atom is -0.335 e. The summed E-state index contributed by atoms with van der Waals surface area (Å²) in [7, 11) is 0. The van der Waals surface area contributed by atoms with Crippen LogP contribution in [0.25, 0.3) is 0 Å². The summed E-state index contributed by atoms with van der Waals surface area (Å²) in [5.41, 5.74) is 6.63. The first-order valence-electron chi connectivity index (χ1n) is 4.35. The molecule has 0 aliphatic carbocycles. The molecule has 1 amide bonds. The first-order valence-corrected chi connectivity index (χ1v) is 4.35. The van der Waals surface area contributed by atoms with Crippen LogP contribution in [-0.2, 0) is 11.3 Å². The first-order chi connectivity index (χ1) is 6.27. The lowest BCUT2D eigenvalue weighted by Gasteiger charge is -2.36. The van der Waals surface area contributed by atoms with Gasteiger partial charge in [0.1, 0.15) is 6.04 Å². The van der Waals surface area contributed by atoms with Crippen LogP contribution in [0.4, 0.5) is 0 Å². The third kappa shape index (κ3) is 1.55. The maximum atomic E-state index is 11.2. The number of benzene rings is 1. The predicted molar refractivity (Wildman–Crippen MR) is 49.8 cm³/mol. The Kier molecular flexibility index (Phi) is 2.02. The highest BCUT2D eigenvalue weighted by atomic mass is 16.2. The highest BCUT2D eigenvalue weighted by Crippen LogP contribution is 2.12. The Labute approximate surface area is 77.1 Å². The third-order valence-electron chi connectivity index (χ3n) is 2.26. The van der Waals surface area contributed by atoms with E-state index in [9.17, 15) is 4.79 Å². The molecule has 0 radical (unpaired) electrons. The quantitative estimate of drug-likeness (QED) is 0.661. The molecule has 1 aliphatic rings. The van der Waals surface area contributed by atoms with Gasteiger partial charge in [0.05, 0.1) is 0 Å². The minimum atomic E-state index is -0.260. The van der Waals surface area contributed by atoms with Gasteiger partial charge in [-0.25, -0.2) is 0 Å². The molecule has 0 aromatic heterocycles. The largest absolute Gasteiger partial charge is 0.335 e. The molecule has 13 heavy (non-hydrogen) atoms. The van der Waals surface area contributed by atoms with E-state index < -0.39 is 0 Å². The van der Waals surface area contributed by atoms with Crippen molar-refractivity contribution in [2.24, 2.45) is 5.73 Å². The molecule has 1 atom stereocenters. The van der Waals surface area contributed by atoms with Crippen LogP contribution >= 0.6 is 0 Å². The molecule has 1 saturated heterocycles. The van der Waals surface area contributed by atoms with E-state index in [1.165, 1.54) is 0 Å². The summed E-state index contributed by atoms with van der Waals surface area (Å²) < 4.78 is 0. The van der Waals surface area contributed by atoms with Crippen LogP contribution in [0.1, 0.15) is 5.56 Å². The molecule has 1 aromatic carbocycles. The van der Waals surface area contributed by atoms with Crippen molar-refractivity contribution in [3.05, 3.63) is 35.9 Å². The lowest BCUT2D eigenvalue weighted by atomic mass is 10.1. The number of carbonyl (C=O) groups excluding carboxylic acids is 1. The molecule has 1 fully saturated rings. The van der Waals surface area contributed by atoms with Crippen molar-refractivity contribution < 1.29 is 4.79 Å². The van der Waals surface area contributed by atoms with Gasteiger partial charge in [0.25, 0.3) is 0 Å². The maximum Gasteiger partial charge on any atom is 0.241 e. The zero-order chi connectivity index (χ0) is 9.26. The molecule has 0 saturated carbocycles. The van der Waals surface area contributed by atoms with Gasteiger partial charge in [-0.15, -0.1) is 0 Å². The van der Waals surface area contributed by atoms with E-state index in [-0.39, 0.29) is 11.9 Å². The van der Waals surface area contributed by atoms with Gasteiger partial charge >= 0.3 is 0 Å². The van der Waals surface area contributed by atoms with Crippen molar-refractivity contribution >= 4 is 5.91 Å². The Morgan fingerprint density at radius 2 is 2.08 bits per heavy atom. The van der Waals surface area contributed by atoms with E-state index in [0.29, 0.717) is 13.1 Å². The molecule has 0 bridgehead atoms. The number of carbonyl (C=O) groups is 1. The first kappa shape index (κ1) is 8.26. The maximum absolute atomic E-state index is 11.2. The van der Waals surface area contributed by atoms with Gasteiger partial charge in [-0.1, -0.05) is 30.3 Å². The van der Waals surface area contributed by atoms with Gasteiger partial charge in [-0.3, -0.25) is 4.79 Å². The number of likely N-dealkylation sites (tertiary alicyclic amines) is 1. The summed E-state index contributed by atoms with van der Waals surface area (Å²) >= 11 is 0. The highest BCUT2D eigenvalue weighted by molar-refractivity contribution is 5.87. The molecule has 3 nitrogen and oxygen atoms in total. The van der Waals surface area contributed by atoms with Gasteiger partial charge < -0.3 is 10.6 Å². The SMILES string of the molecule is NC1CN(Cc2ccccc2)C1=O. The Balaban J connectivity index is 1.97. The second-order valence-corrected chi connectivity index (χ2v) is 3.31. The van der Waals surface area contributed by atoms with Crippen LogP contribution in [0.3, 0.4) is 0 Å². The number of hydrogen-bond acceptors (Lipinski definition) is 2. The van der Waals surface area contributed by atoms with Gasteiger partial charge in [0.2, 0.25) is 5.91 Å². The fourth-order valence-corrected chi connectivity index (χ4v) is 1.47. The van der Waals surface area contributed by atoms with Crippen molar-refractivity contribution in [1.82, 2.24) is 4.90 Å². The summed E-state index contributed by atoms with van der Waals surface area (Å²) in [6, 6.07) is 9.67. The average molecular weight is 176 g/mol. The number of rotatable bonds is 2. The zero-order valence-electron chi connectivity index (χ0n) is 7.31. The standard InChI is InChI=1S/C10H12N2O/c11-9-7-12(10(9)13)6-8-4-2-1-3-5-8/h1-5,9H,6-7,11H2. The lowest BCUT2D eigenvalue weighted by molar-refractivity contribution is -0.143. The topological polar surface area (TPSA) is 46.3 Å². The van der Waals surface area contributed by atoms with Gasteiger partial charge in [-0.2, -0.15) is 0 Å².